The topological polar surface area (TPSA) is 61.4 Å². The number of nitrogens with one attached hydrogen (secondary N) is 2. The molecule has 150 valence electrons. The quantitative estimate of drug-likeness (QED) is 0.777. The standard InChI is InChI=1S/C20H28ClN3O2.ClH/c1-14(23-20(26)15-6-2-3-7-15)12-19(25)24-11-10-22-13-18(24)16-8-4-5-9-17(16)21;/h4-5,8-9,14-15,18,22H,2-3,6-7,10-13H2,1H3,(H,23,26);1H. The Kier molecular flexibility index (Phi) is 8.39. The van der Waals surface area contributed by atoms with Gasteiger partial charge in [-0.25, -0.2) is 0 Å². The summed E-state index contributed by atoms with van der Waals surface area (Å²) in [5, 5.41) is 7.06. The van der Waals surface area contributed by atoms with Crippen molar-refractivity contribution in [2.24, 2.45) is 5.92 Å². The summed E-state index contributed by atoms with van der Waals surface area (Å²) < 4.78 is 0. The monoisotopic (exact) mass is 413 g/mol. The van der Waals surface area contributed by atoms with Crippen LogP contribution in [0.5, 0.6) is 0 Å². The second-order valence-electron chi connectivity index (χ2n) is 7.42. The van der Waals surface area contributed by atoms with Crippen LogP contribution >= 0.6 is 24.0 Å². The highest BCUT2D eigenvalue weighted by Crippen LogP contribution is 2.29. The van der Waals surface area contributed by atoms with Crippen LogP contribution in [0.25, 0.3) is 0 Å². The van der Waals surface area contributed by atoms with Gasteiger partial charge in [-0.05, 0) is 31.4 Å². The molecule has 1 aliphatic heterocycles. The van der Waals surface area contributed by atoms with Gasteiger partial charge in [-0.15, -0.1) is 12.4 Å². The number of piperazine rings is 1. The smallest absolute Gasteiger partial charge is 0.225 e. The highest BCUT2D eigenvalue weighted by molar-refractivity contribution is 6.31. The van der Waals surface area contributed by atoms with E-state index in [-0.39, 0.29) is 42.2 Å². The Bertz CT molecular complexity index is 650. The van der Waals surface area contributed by atoms with Crippen molar-refractivity contribution in [1.82, 2.24) is 15.5 Å². The van der Waals surface area contributed by atoms with E-state index >= 15 is 0 Å². The molecule has 2 aliphatic rings. The lowest BCUT2D eigenvalue weighted by Gasteiger charge is -2.37. The van der Waals surface area contributed by atoms with Crippen LogP contribution in [-0.2, 0) is 9.59 Å². The van der Waals surface area contributed by atoms with Gasteiger partial charge in [-0.1, -0.05) is 42.6 Å². The van der Waals surface area contributed by atoms with Crippen molar-refractivity contribution >= 4 is 35.8 Å². The van der Waals surface area contributed by atoms with Crippen LogP contribution in [0.4, 0.5) is 0 Å². The van der Waals surface area contributed by atoms with Crippen LogP contribution in [0, 0.1) is 5.92 Å². The van der Waals surface area contributed by atoms with Crippen LogP contribution in [-0.4, -0.2) is 42.4 Å². The van der Waals surface area contributed by atoms with Crippen LogP contribution in [0.2, 0.25) is 5.02 Å². The van der Waals surface area contributed by atoms with Crippen LogP contribution in [0.1, 0.15) is 50.6 Å². The first kappa shape index (κ1) is 22.0. The molecule has 1 heterocycles. The number of nitrogens with zero attached hydrogens (tertiary/aromatic N) is 1. The molecule has 2 atom stereocenters. The lowest BCUT2D eigenvalue weighted by atomic mass is 10.0. The van der Waals surface area contributed by atoms with E-state index < -0.39 is 0 Å². The Morgan fingerprint density at radius 1 is 1.30 bits per heavy atom. The predicted molar refractivity (Wildman–Crippen MR) is 110 cm³/mol. The molecule has 1 saturated carbocycles. The predicted octanol–water partition coefficient (Wildman–Crippen LogP) is 3.32. The highest BCUT2D eigenvalue weighted by atomic mass is 35.5. The zero-order valence-electron chi connectivity index (χ0n) is 15.7. The molecular weight excluding hydrogens is 385 g/mol. The molecule has 2 fully saturated rings. The largest absolute Gasteiger partial charge is 0.353 e. The number of benzene rings is 1. The van der Waals surface area contributed by atoms with Gasteiger partial charge in [0.1, 0.15) is 0 Å². The number of carbonyl (C=O) groups is 2. The maximum Gasteiger partial charge on any atom is 0.225 e. The summed E-state index contributed by atoms with van der Waals surface area (Å²) in [5.74, 6) is 0.295. The molecule has 7 heteroatoms. The molecule has 27 heavy (non-hydrogen) atoms. The van der Waals surface area contributed by atoms with E-state index in [0.29, 0.717) is 24.5 Å². The highest BCUT2D eigenvalue weighted by Gasteiger charge is 2.30. The third-order valence-corrected chi connectivity index (χ3v) is 5.77. The molecule has 2 unspecified atom stereocenters. The van der Waals surface area contributed by atoms with Crippen molar-refractivity contribution in [3.05, 3.63) is 34.9 Å². The number of hydrogen-bond donors (Lipinski definition) is 2. The van der Waals surface area contributed by atoms with Crippen molar-refractivity contribution in [2.75, 3.05) is 19.6 Å². The fourth-order valence-electron chi connectivity index (χ4n) is 4.00. The molecule has 0 bridgehead atoms. The van der Waals surface area contributed by atoms with Gasteiger partial charge in [0.2, 0.25) is 11.8 Å². The second-order valence-corrected chi connectivity index (χ2v) is 7.83. The summed E-state index contributed by atoms with van der Waals surface area (Å²) in [6, 6.07) is 7.46. The number of carbonyl (C=O) groups excluding carboxylic acids is 2. The molecule has 0 spiro atoms. The lowest BCUT2D eigenvalue weighted by molar-refractivity contribution is -0.135. The summed E-state index contributed by atoms with van der Waals surface area (Å²) in [7, 11) is 0. The fourth-order valence-corrected chi connectivity index (χ4v) is 4.27. The zero-order valence-corrected chi connectivity index (χ0v) is 17.3. The summed E-state index contributed by atoms with van der Waals surface area (Å²) in [6.07, 6.45) is 4.52. The molecule has 0 radical (unpaired) electrons. The molecule has 0 aromatic heterocycles. The summed E-state index contributed by atoms with van der Waals surface area (Å²) in [6.45, 7) is 4.03. The summed E-state index contributed by atoms with van der Waals surface area (Å²) >= 11 is 6.35. The first-order valence-electron chi connectivity index (χ1n) is 9.61. The Morgan fingerprint density at radius 2 is 2.00 bits per heavy atom. The summed E-state index contributed by atoms with van der Waals surface area (Å²) in [5.41, 5.74) is 0.970. The van der Waals surface area contributed by atoms with E-state index in [1.807, 2.05) is 36.1 Å². The van der Waals surface area contributed by atoms with Crippen LogP contribution < -0.4 is 10.6 Å². The first-order chi connectivity index (χ1) is 12.6. The second kappa shape index (κ2) is 10.3. The molecule has 2 amide bonds. The van der Waals surface area contributed by atoms with Crippen molar-refractivity contribution in [3.8, 4) is 0 Å². The van der Waals surface area contributed by atoms with Gasteiger partial charge >= 0.3 is 0 Å². The van der Waals surface area contributed by atoms with E-state index in [1.165, 1.54) is 0 Å². The maximum atomic E-state index is 12.9. The average molecular weight is 414 g/mol. The molecule has 5 nitrogen and oxygen atoms in total. The van der Waals surface area contributed by atoms with Crippen molar-refractivity contribution in [1.29, 1.82) is 0 Å². The first-order valence-corrected chi connectivity index (χ1v) is 9.99. The van der Waals surface area contributed by atoms with Gasteiger partial charge < -0.3 is 15.5 Å². The van der Waals surface area contributed by atoms with Crippen molar-refractivity contribution in [3.63, 3.8) is 0 Å². The third-order valence-electron chi connectivity index (χ3n) is 5.42. The molecule has 1 aromatic rings. The minimum atomic E-state index is -0.155. The van der Waals surface area contributed by atoms with Gasteiger partial charge in [0.25, 0.3) is 0 Å². The Balaban J connectivity index is 0.00000261. The van der Waals surface area contributed by atoms with E-state index in [4.69, 9.17) is 11.6 Å². The van der Waals surface area contributed by atoms with Gasteiger partial charge in [0, 0.05) is 43.0 Å². The van der Waals surface area contributed by atoms with E-state index in [1.54, 1.807) is 0 Å². The average Bonchev–Trinajstić information content (AvgIpc) is 3.17. The molecule has 1 aromatic carbocycles. The molecular formula is C20H29Cl2N3O2. The minimum absolute atomic E-state index is 0. The number of halogens is 2. The van der Waals surface area contributed by atoms with E-state index in [0.717, 1.165) is 37.8 Å². The number of hydrogen-bond acceptors (Lipinski definition) is 3. The molecule has 1 aliphatic carbocycles. The number of rotatable bonds is 5. The Hall–Kier alpha value is -1.30. The lowest BCUT2D eigenvalue weighted by Crippen LogP contribution is -2.50. The Labute approximate surface area is 172 Å². The molecule has 3 rings (SSSR count). The van der Waals surface area contributed by atoms with Crippen LogP contribution in [0.15, 0.2) is 24.3 Å². The van der Waals surface area contributed by atoms with E-state index in [2.05, 4.69) is 10.6 Å². The van der Waals surface area contributed by atoms with Gasteiger partial charge in [0.15, 0.2) is 0 Å². The van der Waals surface area contributed by atoms with Crippen molar-refractivity contribution < 1.29 is 9.59 Å². The van der Waals surface area contributed by atoms with Gasteiger partial charge in [-0.3, -0.25) is 9.59 Å². The Morgan fingerprint density at radius 3 is 2.70 bits per heavy atom. The zero-order chi connectivity index (χ0) is 18.5. The normalized spacial score (nSPS) is 21.4. The minimum Gasteiger partial charge on any atom is -0.353 e. The van der Waals surface area contributed by atoms with Gasteiger partial charge in [0.05, 0.1) is 6.04 Å². The van der Waals surface area contributed by atoms with Gasteiger partial charge in [-0.2, -0.15) is 0 Å². The number of amides is 2. The molecule has 1 saturated heterocycles. The van der Waals surface area contributed by atoms with E-state index in [9.17, 15) is 9.59 Å². The summed E-state index contributed by atoms with van der Waals surface area (Å²) in [4.78, 5) is 27.1. The van der Waals surface area contributed by atoms with Crippen molar-refractivity contribution in [2.45, 2.75) is 51.1 Å². The maximum absolute atomic E-state index is 12.9. The van der Waals surface area contributed by atoms with Crippen LogP contribution in [0.3, 0.4) is 0 Å². The third kappa shape index (κ3) is 5.59. The SMILES string of the molecule is CC(CC(=O)N1CCNCC1c1ccccc1Cl)NC(=O)C1CCCC1.Cl. The fraction of sp³-hybridized carbons (Fsp3) is 0.600. The molecule has 2 N–H and O–H groups in total.